The Hall–Kier alpha value is -5.16. The highest BCUT2D eigenvalue weighted by molar-refractivity contribution is 6.09. The van der Waals surface area contributed by atoms with Gasteiger partial charge in [0.25, 0.3) is 0 Å². The van der Waals surface area contributed by atoms with Gasteiger partial charge in [-0.3, -0.25) is 4.57 Å². The van der Waals surface area contributed by atoms with Gasteiger partial charge in [-0.05, 0) is 90.9 Å². The number of aryl methyl sites for hydroxylation is 3. The molecule has 0 spiro atoms. The lowest BCUT2D eigenvalue weighted by Gasteiger charge is -2.26. The van der Waals surface area contributed by atoms with Crippen LogP contribution in [0.5, 0.6) is 11.5 Å². The fraction of sp³-hybridized carbons (Fsp3) is 0.319. The summed E-state index contributed by atoms with van der Waals surface area (Å²) in [4.78, 5) is 4.86. The molecule has 52 heavy (non-hydrogen) atoms. The molecule has 0 aliphatic carbocycles. The molecule has 0 aliphatic heterocycles. The van der Waals surface area contributed by atoms with E-state index in [0.29, 0.717) is 0 Å². The zero-order valence-corrected chi connectivity index (χ0v) is 32.9. The number of aromatic nitrogens is 4. The molecule has 0 fully saturated rings. The van der Waals surface area contributed by atoms with Crippen LogP contribution in [-0.2, 0) is 16.2 Å². The average molecular weight is 689 g/mol. The summed E-state index contributed by atoms with van der Waals surface area (Å²) in [7, 11) is 0. The molecule has 7 rings (SSSR count). The first-order valence-electron chi connectivity index (χ1n) is 18.4. The van der Waals surface area contributed by atoms with Crippen molar-refractivity contribution in [3.63, 3.8) is 0 Å². The van der Waals surface area contributed by atoms with E-state index < -0.39 is 0 Å². The van der Waals surface area contributed by atoms with Gasteiger partial charge in [-0.2, -0.15) is 5.10 Å². The normalized spacial score (nSPS) is 12.6. The first-order valence-corrected chi connectivity index (χ1v) is 18.4. The van der Waals surface area contributed by atoms with Crippen LogP contribution in [0.3, 0.4) is 0 Å². The summed E-state index contributed by atoms with van der Waals surface area (Å²) >= 11 is 0. The van der Waals surface area contributed by atoms with E-state index >= 15 is 0 Å². The Morgan fingerprint density at radius 2 is 1.25 bits per heavy atom. The first-order chi connectivity index (χ1) is 24.4. The second-order valence-electron chi connectivity index (χ2n) is 17.5. The van der Waals surface area contributed by atoms with Crippen LogP contribution in [-0.4, -0.2) is 19.3 Å². The van der Waals surface area contributed by atoms with Crippen LogP contribution in [0, 0.1) is 20.8 Å². The second-order valence-corrected chi connectivity index (χ2v) is 17.5. The van der Waals surface area contributed by atoms with E-state index in [1.807, 2.05) is 12.3 Å². The first kappa shape index (κ1) is 35.3. The third-order valence-corrected chi connectivity index (χ3v) is 10.0. The topological polar surface area (TPSA) is 44.9 Å². The summed E-state index contributed by atoms with van der Waals surface area (Å²) in [5, 5.41) is 7.78. The molecule has 0 radical (unpaired) electrons. The summed E-state index contributed by atoms with van der Waals surface area (Å²) in [6.07, 6.45) is 1.92. The molecule has 0 N–H and O–H groups in total. The molecule has 0 bridgehead atoms. The fourth-order valence-corrected chi connectivity index (χ4v) is 7.72. The van der Waals surface area contributed by atoms with E-state index in [9.17, 15) is 0 Å². The number of ether oxygens (including phenoxy) is 1. The lowest BCUT2D eigenvalue weighted by Crippen LogP contribution is -2.19. The molecule has 5 heteroatoms. The van der Waals surface area contributed by atoms with E-state index in [4.69, 9.17) is 14.8 Å². The molecule has 0 atom stereocenters. The number of rotatable bonds is 5. The minimum absolute atomic E-state index is 0.00335. The van der Waals surface area contributed by atoms with Crippen LogP contribution in [0.2, 0.25) is 0 Å². The van der Waals surface area contributed by atoms with Crippen LogP contribution in [0.15, 0.2) is 97.2 Å². The SMILES string of the molecule is Cc1cc(C)c(-c2c(C(C)(C)C)nn(-c3cccc(Oc4ccc5c6ccccc6n(-c6cc(C(C)(C)C)ccn6)c5c4)c3)c2C(C)(C)C)c(C)c1. The van der Waals surface area contributed by atoms with Crippen molar-refractivity contribution in [3.8, 4) is 34.1 Å². The van der Waals surface area contributed by atoms with Crippen LogP contribution in [0.1, 0.15) is 96.0 Å². The van der Waals surface area contributed by atoms with Crippen molar-refractivity contribution in [2.75, 3.05) is 0 Å². The van der Waals surface area contributed by atoms with Crippen LogP contribution < -0.4 is 4.74 Å². The van der Waals surface area contributed by atoms with Crippen molar-refractivity contribution in [3.05, 3.63) is 131 Å². The van der Waals surface area contributed by atoms with Crippen LogP contribution >= 0.6 is 0 Å². The van der Waals surface area contributed by atoms with Crippen molar-refractivity contribution in [1.29, 1.82) is 0 Å². The van der Waals surface area contributed by atoms with E-state index in [2.05, 4.69) is 177 Å². The summed E-state index contributed by atoms with van der Waals surface area (Å²) in [6, 6.07) is 32.2. The molecule has 266 valence electrons. The Kier molecular flexibility index (Phi) is 8.48. The van der Waals surface area contributed by atoms with Gasteiger partial charge in [0.2, 0.25) is 0 Å². The number of pyridine rings is 1. The molecule has 0 saturated heterocycles. The second kappa shape index (κ2) is 12.5. The Bertz CT molecular complexity index is 2450. The van der Waals surface area contributed by atoms with Gasteiger partial charge >= 0.3 is 0 Å². The highest BCUT2D eigenvalue weighted by Crippen LogP contribution is 2.44. The van der Waals surface area contributed by atoms with E-state index in [0.717, 1.165) is 45.1 Å². The van der Waals surface area contributed by atoms with Crippen molar-refractivity contribution in [2.24, 2.45) is 0 Å². The predicted molar refractivity (Wildman–Crippen MR) is 218 cm³/mol. The number of para-hydroxylation sites is 1. The van der Waals surface area contributed by atoms with Crippen LogP contribution in [0.4, 0.5) is 0 Å². The minimum atomic E-state index is -0.191. The van der Waals surface area contributed by atoms with Gasteiger partial charge in [0.05, 0.1) is 28.1 Å². The van der Waals surface area contributed by atoms with Crippen molar-refractivity contribution >= 4 is 21.8 Å². The van der Waals surface area contributed by atoms with Crippen molar-refractivity contribution < 1.29 is 4.74 Å². The van der Waals surface area contributed by atoms with Gasteiger partial charge < -0.3 is 4.74 Å². The summed E-state index contributed by atoms with van der Waals surface area (Å²) in [5.41, 5.74) is 12.7. The average Bonchev–Trinajstić information content (AvgIpc) is 3.61. The molecular weight excluding hydrogens is 637 g/mol. The predicted octanol–water partition coefficient (Wildman–Crippen LogP) is 12.6. The third kappa shape index (κ3) is 6.31. The summed E-state index contributed by atoms with van der Waals surface area (Å²) in [5.74, 6) is 2.42. The number of hydrogen-bond donors (Lipinski definition) is 0. The Balaban J connectivity index is 1.36. The maximum Gasteiger partial charge on any atom is 0.137 e. The molecule has 7 aromatic rings. The monoisotopic (exact) mass is 688 g/mol. The molecule has 0 unspecified atom stereocenters. The number of nitrogens with zero attached hydrogens (tertiary/aromatic N) is 4. The lowest BCUT2D eigenvalue weighted by molar-refractivity contribution is 0.482. The Morgan fingerprint density at radius 3 is 1.92 bits per heavy atom. The Morgan fingerprint density at radius 1 is 0.577 bits per heavy atom. The zero-order chi connectivity index (χ0) is 37.3. The lowest BCUT2D eigenvalue weighted by atomic mass is 9.79. The standard InChI is InChI=1S/C47H52N4O/c1-29-24-30(2)41(31(3)25-29)42-43(46(7,8)9)49-51(44(42)47(10,11)12)33-16-15-17-34(27-33)52-35-20-21-37-36-18-13-14-19-38(36)50(39(37)28-35)40-26-32(22-23-48-40)45(4,5)6/h13-28H,1-12H3. The molecule has 4 aromatic carbocycles. The maximum absolute atomic E-state index is 6.70. The van der Waals surface area contributed by atoms with Crippen LogP contribution in [0.25, 0.3) is 44.4 Å². The largest absolute Gasteiger partial charge is 0.457 e. The van der Waals surface area contributed by atoms with Gasteiger partial charge in [-0.1, -0.05) is 104 Å². The van der Waals surface area contributed by atoms with Crippen molar-refractivity contribution in [1.82, 2.24) is 19.3 Å². The van der Waals surface area contributed by atoms with Crippen molar-refractivity contribution in [2.45, 2.75) is 99.3 Å². The molecule has 0 amide bonds. The third-order valence-electron chi connectivity index (χ3n) is 10.0. The maximum atomic E-state index is 6.70. The summed E-state index contributed by atoms with van der Waals surface area (Å²) in [6.45, 7) is 27.0. The highest BCUT2D eigenvalue weighted by atomic mass is 16.5. The molecular formula is C47H52N4O. The van der Waals surface area contributed by atoms with E-state index in [1.165, 1.54) is 44.5 Å². The molecule has 5 nitrogen and oxygen atoms in total. The number of hydrogen-bond acceptors (Lipinski definition) is 3. The van der Waals surface area contributed by atoms with Gasteiger partial charge in [-0.25, -0.2) is 9.67 Å². The zero-order valence-electron chi connectivity index (χ0n) is 32.9. The fourth-order valence-electron chi connectivity index (χ4n) is 7.72. The minimum Gasteiger partial charge on any atom is -0.457 e. The van der Waals surface area contributed by atoms with E-state index in [1.54, 1.807) is 0 Å². The Labute approximate surface area is 309 Å². The quantitative estimate of drug-likeness (QED) is 0.181. The number of benzene rings is 4. The smallest absolute Gasteiger partial charge is 0.137 e. The highest BCUT2D eigenvalue weighted by Gasteiger charge is 2.34. The van der Waals surface area contributed by atoms with Gasteiger partial charge in [0, 0.05) is 45.5 Å². The van der Waals surface area contributed by atoms with Gasteiger partial charge in [0.1, 0.15) is 17.3 Å². The molecule has 3 heterocycles. The van der Waals surface area contributed by atoms with E-state index in [-0.39, 0.29) is 16.2 Å². The molecule has 0 saturated carbocycles. The summed E-state index contributed by atoms with van der Waals surface area (Å²) < 4.78 is 11.1. The van der Waals surface area contributed by atoms with Gasteiger partial charge in [0.15, 0.2) is 0 Å². The molecule has 0 aliphatic rings. The number of fused-ring (bicyclic) bond motifs is 3. The molecule has 3 aromatic heterocycles. The van der Waals surface area contributed by atoms with Gasteiger partial charge in [-0.15, -0.1) is 0 Å².